The number of hydrogen-bond acceptors (Lipinski definition) is 5. The van der Waals surface area contributed by atoms with Gasteiger partial charge in [-0.2, -0.15) is 0 Å². The number of rotatable bonds is 5. The number of aliphatic carboxylic acids is 1. The molecule has 3 aromatic rings. The maximum atomic E-state index is 11.8. The summed E-state index contributed by atoms with van der Waals surface area (Å²) in [6, 6.07) is 6.89. The number of aromatic amines is 1. The Labute approximate surface area is 150 Å². The van der Waals surface area contributed by atoms with E-state index in [9.17, 15) is 9.90 Å². The van der Waals surface area contributed by atoms with Crippen molar-refractivity contribution in [1.29, 1.82) is 0 Å². The van der Waals surface area contributed by atoms with Gasteiger partial charge in [0.15, 0.2) is 6.04 Å². The number of ether oxygens (including phenoxy) is 1. The van der Waals surface area contributed by atoms with Gasteiger partial charge in [0.05, 0.1) is 25.7 Å². The highest BCUT2D eigenvalue weighted by atomic mass is 16.5. The largest absolute Gasteiger partial charge is 0.497 e. The number of carboxylic acids is 1. The molecule has 8 heteroatoms. The lowest BCUT2D eigenvalue weighted by Crippen LogP contribution is -2.40. The number of nitrogens with one attached hydrogen (secondary N) is 1. The summed E-state index contributed by atoms with van der Waals surface area (Å²) < 4.78 is 7.15. The summed E-state index contributed by atoms with van der Waals surface area (Å²) in [7, 11) is 1.63. The van der Waals surface area contributed by atoms with Gasteiger partial charge >= 0.3 is 5.97 Å². The first-order chi connectivity index (χ1) is 12.7. The fourth-order valence-corrected chi connectivity index (χ4v) is 3.38. The van der Waals surface area contributed by atoms with Gasteiger partial charge in [-0.15, -0.1) is 0 Å². The lowest BCUT2D eigenvalue weighted by molar-refractivity contribution is -0.144. The van der Waals surface area contributed by atoms with Gasteiger partial charge in [-0.25, -0.2) is 9.97 Å². The van der Waals surface area contributed by atoms with Crippen molar-refractivity contribution in [1.82, 2.24) is 24.4 Å². The molecule has 2 aromatic heterocycles. The molecule has 26 heavy (non-hydrogen) atoms. The first kappa shape index (κ1) is 16.3. The third kappa shape index (κ3) is 2.84. The van der Waals surface area contributed by atoms with E-state index in [0.717, 1.165) is 29.4 Å². The zero-order valence-corrected chi connectivity index (χ0v) is 14.3. The zero-order chi connectivity index (χ0) is 18.1. The van der Waals surface area contributed by atoms with Crippen LogP contribution in [0.4, 0.5) is 0 Å². The normalized spacial score (nSPS) is 17.0. The highest BCUT2D eigenvalue weighted by Gasteiger charge is 2.35. The van der Waals surface area contributed by atoms with E-state index >= 15 is 0 Å². The molecule has 0 bridgehead atoms. The first-order valence-electron chi connectivity index (χ1n) is 8.33. The molecule has 0 fully saturated rings. The number of methoxy groups -OCH3 is 1. The van der Waals surface area contributed by atoms with Crippen LogP contribution in [-0.4, -0.2) is 49.1 Å². The van der Waals surface area contributed by atoms with Gasteiger partial charge in [-0.3, -0.25) is 9.69 Å². The number of nitrogens with zero attached hydrogens (tertiary/aromatic N) is 4. The van der Waals surface area contributed by atoms with Crippen molar-refractivity contribution < 1.29 is 14.6 Å². The molecule has 1 unspecified atom stereocenters. The van der Waals surface area contributed by atoms with Crippen molar-refractivity contribution >= 4 is 5.97 Å². The first-order valence-corrected chi connectivity index (χ1v) is 8.33. The number of imidazole rings is 2. The van der Waals surface area contributed by atoms with Gasteiger partial charge in [-0.05, 0) is 24.3 Å². The van der Waals surface area contributed by atoms with E-state index in [0.29, 0.717) is 18.8 Å². The molecule has 3 heterocycles. The van der Waals surface area contributed by atoms with Crippen molar-refractivity contribution in [3.63, 3.8) is 0 Å². The van der Waals surface area contributed by atoms with Crippen LogP contribution in [0, 0.1) is 0 Å². The Morgan fingerprint density at radius 1 is 1.35 bits per heavy atom. The molecule has 0 saturated carbocycles. The van der Waals surface area contributed by atoms with Gasteiger partial charge in [0.2, 0.25) is 0 Å². The lowest BCUT2D eigenvalue weighted by Gasteiger charge is -2.31. The number of carboxylic acid groups (broad SMARTS) is 1. The quantitative estimate of drug-likeness (QED) is 0.726. The van der Waals surface area contributed by atoms with E-state index in [-0.39, 0.29) is 0 Å². The molecule has 4 rings (SSSR count). The van der Waals surface area contributed by atoms with Crippen LogP contribution < -0.4 is 4.74 Å². The number of hydrogen-bond donors (Lipinski definition) is 2. The second kappa shape index (κ2) is 6.64. The van der Waals surface area contributed by atoms with Crippen LogP contribution >= 0.6 is 0 Å². The predicted octanol–water partition coefficient (Wildman–Crippen LogP) is 1.79. The Bertz CT molecular complexity index is 915. The number of fused-ring (bicyclic) bond motifs is 1. The SMILES string of the molecule is COc1ccc(-n2ccnc2CN2CCc3[nH]cnc3C2C(=O)O)cc1. The van der Waals surface area contributed by atoms with Gasteiger partial charge in [0.25, 0.3) is 0 Å². The average Bonchev–Trinajstić information content (AvgIpc) is 3.30. The molecular formula is C18H19N5O3. The van der Waals surface area contributed by atoms with Crippen LogP contribution in [0.1, 0.15) is 23.3 Å². The number of benzene rings is 1. The Kier molecular flexibility index (Phi) is 4.18. The molecule has 0 saturated heterocycles. The Morgan fingerprint density at radius 3 is 2.88 bits per heavy atom. The maximum Gasteiger partial charge on any atom is 0.327 e. The van der Waals surface area contributed by atoms with Crippen LogP contribution in [0.15, 0.2) is 43.0 Å². The summed E-state index contributed by atoms with van der Waals surface area (Å²) in [5, 5.41) is 9.71. The van der Waals surface area contributed by atoms with Crippen LogP contribution in [0.2, 0.25) is 0 Å². The fourth-order valence-electron chi connectivity index (χ4n) is 3.38. The number of H-pyrrole nitrogens is 1. The van der Waals surface area contributed by atoms with Gasteiger partial charge in [0, 0.05) is 36.7 Å². The van der Waals surface area contributed by atoms with E-state index in [1.54, 1.807) is 19.6 Å². The number of carbonyl (C=O) groups is 1. The van der Waals surface area contributed by atoms with Crippen molar-refractivity contribution in [2.45, 2.75) is 19.0 Å². The molecule has 8 nitrogen and oxygen atoms in total. The molecule has 1 aliphatic heterocycles. The van der Waals surface area contributed by atoms with Crippen LogP contribution in [0.25, 0.3) is 5.69 Å². The lowest BCUT2D eigenvalue weighted by atomic mass is 10.0. The second-order valence-electron chi connectivity index (χ2n) is 6.14. The summed E-state index contributed by atoms with van der Waals surface area (Å²) in [4.78, 5) is 25.4. The summed E-state index contributed by atoms with van der Waals surface area (Å²) in [5.74, 6) is 0.657. The topological polar surface area (TPSA) is 96.3 Å². The van der Waals surface area contributed by atoms with E-state index in [4.69, 9.17) is 4.74 Å². The molecule has 1 aromatic carbocycles. The van der Waals surface area contributed by atoms with Gasteiger partial charge < -0.3 is 19.4 Å². The minimum Gasteiger partial charge on any atom is -0.497 e. The Balaban J connectivity index is 1.62. The van der Waals surface area contributed by atoms with Crippen molar-refractivity contribution in [3.8, 4) is 11.4 Å². The smallest absolute Gasteiger partial charge is 0.327 e. The average molecular weight is 353 g/mol. The van der Waals surface area contributed by atoms with E-state index < -0.39 is 12.0 Å². The second-order valence-corrected chi connectivity index (χ2v) is 6.14. The Hall–Kier alpha value is -3.13. The van der Waals surface area contributed by atoms with E-state index in [1.807, 2.05) is 39.9 Å². The summed E-state index contributed by atoms with van der Waals surface area (Å²) in [5.41, 5.74) is 2.43. The minimum absolute atomic E-state index is 0.419. The third-order valence-electron chi connectivity index (χ3n) is 4.67. The standard InChI is InChI=1S/C18H19N5O3/c1-26-13-4-2-12(3-5-13)23-9-7-19-15(23)10-22-8-6-14-16(21-11-20-14)17(22)18(24)25/h2-5,7,9,11,17H,6,8,10H2,1H3,(H,20,21)(H,24,25). The van der Waals surface area contributed by atoms with Gasteiger partial charge in [0.1, 0.15) is 11.6 Å². The molecule has 0 amide bonds. The Morgan fingerprint density at radius 2 is 2.15 bits per heavy atom. The molecule has 1 aliphatic rings. The predicted molar refractivity (Wildman–Crippen MR) is 93.2 cm³/mol. The highest BCUT2D eigenvalue weighted by Crippen LogP contribution is 2.29. The molecule has 0 radical (unpaired) electrons. The molecule has 2 N–H and O–H groups in total. The van der Waals surface area contributed by atoms with Crippen molar-refractivity contribution in [3.05, 3.63) is 60.2 Å². The van der Waals surface area contributed by atoms with Crippen LogP contribution in [0.3, 0.4) is 0 Å². The maximum absolute atomic E-state index is 11.8. The van der Waals surface area contributed by atoms with E-state index in [1.165, 1.54) is 0 Å². The molecule has 0 aliphatic carbocycles. The minimum atomic E-state index is -0.902. The van der Waals surface area contributed by atoms with Gasteiger partial charge in [-0.1, -0.05) is 0 Å². The molecule has 1 atom stereocenters. The van der Waals surface area contributed by atoms with E-state index in [2.05, 4.69) is 15.0 Å². The molecule has 0 spiro atoms. The highest BCUT2D eigenvalue weighted by molar-refractivity contribution is 5.75. The molecular weight excluding hydrogens is 334 g/mol. The van der Waals surface area contributed by atoms with Crippen molar-refractivity contribution in [2.75, 3.05) is 13.7 Å². The third-order valence-corrected chi connectivity index (χ3v) is 4.67. The summed E-state index contributed by atoms with van der Waals surface area (Å²) >= 11 is 0. The summed E-state index contributed by atoms with van der Waals surface area (Å²) in [6.07, 6.45) is 5.89. The monoisotopic (exact) mass is 353 g/mol. The summed E-state index contributed by atoms with van der Waals surface area (Å²) in [6.45, 7) is 1.05. The number of aromatic nitrogens is 4. The molecule has 134 valence electrons. The van der Waals surface area contributed by atoms with Crippen LogP contribution in [-0.2, 0) is 17.8 Å². The van der Waals surface area contributed by atoms with Crippen LogP contribution in [0.5, 0.6) is 5.75 Å². The fraction of sp³-hybridized carbons (Fsp3) is 0.278. The zero-order valence-electron chi connectivity index (χ0n) is 14.3. The van der Waals surface area contributed by atoms with Crippen molar-refractivity contribution in [2.24, 2.45) is 0 Å².